The number of hydrogen-bond donors (Lipinski definition) is 2. The molecular weight excluding hydrogens is 616 g/mol. The van der Waals surface area contributed by atoms with Gasteiger partial charge in [-0.15, -0.1) is 0 Å². The zero-order valence-electron chi connectivity index (χ0n) is 25.2. The van der Waals surface area contributed by atoms with E-state index in [1.165, 1.54) is 0 Å². The molecule has 46 heavy (non-hydrogen) atoms. The van der Waals surface area contributed by atoms with Crippen molar-refractivity contribution in [2.45, 2.75) is 88.1 Å². The highest BCUT2D eigenvalue weighted by Gasteiger charge is 2.50. The van der Waals surface area contributed by atoms with Crippen molar-refractivity contribution in [3.05, 3.63) is 28.8 Å². The maximum Gasteiger partial charge on any atom is 0.417 e. The van der Waals surface area contributed by atoms with Gasteiger partial charge in [-0.25, -0.2) is 18.2 Å². The Bertz CT molecular complexity index is 1760. The molecule has 0 amide bonds. The molecule has 1 aromatic carbocycles. The van der Waals surface area contributed by atoms with Gasteiger partial charge in [0.2, 0.25) is 5.88 Å². The molecular formula is C31H33F6N7O2. The largest absolute Gasteiger partial charge is 0.472 e. The second-order valence-electron chi connectivity index (χ2n) is 13.3. The number of pyridine rings is 1. The maximum atomic E-state index is 16.8. The van der Waals surface area contributed by atoms with Crippen LogP contribution in [0.1, 0.15) is 50.2 Å². The van der Waals surface area contributed by atoms with Crippen LogP contribution < -0.4 is 25.4 Å². The first kappa shape index (κ1) is 29.8. The van der Waals surface area contributed by atoms with Crippen molar-refractivity contribution >= 4 is 22.4 Å². The third kappa shape index (κ3) is 4.40. The third-order valence-corrected chi connectivity index (χ3v) is 10.5. The number of alkyl halides is 4. The summed E-state index contributed by atoms with van der Waals surface area (Å²) in [6, 6.07) is 0.460. The smallest absolute Gasteiger partial charge is 0.417 e. The predicted octanol–water partition coefficient (Wildman–Crippen LogP) is 4.92. The minimum absolute atomic E-state index is 0.0176. The Kier molecular flexibility index (Phi) is 6.61. The van der Waals surface area contributed by atoms with Crippen LogP contribution in [0.3, 0.4) is 0 Å². The van der Waals surface area contributed by atoms with Crippen molar-refractivity contribution in [2.24, 2.45) is 0 Å². The third-order valence-electron chi connectivity index (χ3n) is 10.5. The molecule has 5 aliphatic heterocycles. The summed E-state index contributed by atoms with van der Waals surface area (Å²) in [5.41, 5.74) is 0.644. The fourth-order valence-electron chi connectivity index (χ4n) is 8.55. The summed E-state index contributed by atoms with van der Waals surface area (Å²) in [7, 11) is 0. The molecule has 4 fully saturated rings. The first-order chi connectivity index (χ1) is 21.8. The lowest BCUT2D eigenvalue weighted by Gasteiger charge is -2.42. The lowest BCUT2D eigenvalue weighted by molar-refractivity contribution is -0.137. The molecule has 15 heteroatoms. The molecule has 7 heterocycles. The molecule has 3 N–H and O–H groups in total. The molecule has 0 spiro atoms. The number of anilines is 2. The zero-order chi connectivity index (χ0) is 32.3. The van der Waals surface area contributed by atoms with Crippen molar-refractivity contribution in [3.8, 4) is 23.1 Å². The Labute approximate surface area is 260 Å². The summed E-state index contributed by atoms with van der Waals surface area (Å²) in [5, 5.41) is 3.70. The second-order valence-corrected chi connectivity index (χ2v) is 13.3. The van der Waals surface area contributed by atoms with E-state index in [1.807, 2.05) is 11.8 Å². The van der Waals surface area contributed by atoms with Crippen LogP contribution in [0.25, 0.3) is 22.2 Å². The van der Waals surface area contributed by atoms with Crippen molar-refractivity contribution in [3.63, 3.8) is 0 Å². The summed E-state index contributed by atoms with van der Waals surface area (Å²) in [5.74, 6) is -2.26. The van der Waals surface area contributed by atoms with Crippen molar-refractivity contribution in [1.29, 1.82) is 0 Å². The van der Waals surface area contributed by atoms with E-state index in [-0.39, 0.29) is 47.5 Å². The van der Waals surface area contributed by atoms with Crippen molar-refractivity contribution < 1.29 is 35.8 Å². The van der Waals surface area contributed by atoms with Crippen LogP contribution in [-0.4, -0.2) is 82.0 Å². The van der Waals surface area contributed by atoms with E-state index in [4.69, 9.17) is 20.2 Å². The van der Waals surface area contributed by atoms with E-state index in [2.05, 4.69) is 20.2 Å². The first-order valence-electron chi connectivity index (χ1n) is 15.6. The number of ether oxygens (including phenoxy) is 2. The van der Waals surface area contributed by atoms with Gasteiger partial charge in [0.25, 0.3) is 0 Å². The van der Waals surface area contributed by atoms with Gasteiger partial charge in [0.1, 0.15) is 47.1 Å². The van der Waals surface area contributed by atoms with Gasteiger partial charge in [-0.2, -0.15) is 23.1 Å². The topological polar surface area (TPSA) is 102 Å². The number of fused-ring (bicyclic) bond motifs is 6. The average Bonchev–Trinajstić information content (AvgIpc) is 3.63. The van der Waals surface area contributed by atoms with Crippen LogP contribution in [-0.2, 0) is 6.18 Å². The number of rotatable bonds is 4. The standard InChI is InChI=1S/C31H33F6N7O2/c1-13-21(31(35,36)37)17(8-18(38)22(13)33)24-23(34)25-20-27(42-29(41-25)45-12-30-6-3-7-43(30)10-15(32)9-30)44-11-16-4-5-19(39-16)26(44)14(2)46-28(20)40-24/h8,14-16,19,26,39H,3-7,9-12,38H2,1-2H3/t14-,15+,16+,19-,26-,30-/m0/s1. The quantitative estimate of drug-likeness (QED) is 0.301. The maximum absolute atomic E-state index is 16.8. The summed E-state index contributed by atoms with van der Waals surface area (Å²) in [6.45, 7) is 4.41. The number of nitrogen functional groups attached to an aromatic ring is 1. The average molecular weight is 650 g/mol. The van der Waals surface area contributed by atoms with Gasteiger partial charge >= 0.3 is 12.2 Å². The molecule has 246 valence electrons. The Morgan fingerprint density at radius 3 is 2.74 bits per heavy atom. The Balaban J connectivity index is 1.33. The molecule has 2 aromatic heterocycles. The summed E-state index contributed by atoms with van der Waals surface area (Å²) >= 11 is 0. The Morgan fingerprint density at radius 2 is 1.96 bits per heavy atom. The van der Waals surface area contributed by atoms with Gasteiger partial charge in [-0.05, 0) is 57.7 Å². The summed E-state index contributed by atoms with van der Waals surface area (Å²) < 4.78 is 102. The molecule has 8 rings (SSSR count). The highest BCUT2D eigenvalue weighted by Crippen LogP contribution is 2.48. The molecule has 0 unspecified atom stereocenters. The van der Waals surface area contributed by atoms with Crippen molar-refractivity contribution in [2.75, 3.05) is 36.9 Å². The minimum atomic E-state index is -5.06. The molecule has 0 aliphatic carbocycles. The number of hydrogen-bond acceptors (Lipinski definition) is 9. The van der Waals surface area contributed by atoms with Crippen LogP contribution in [0.5, 0.6) is 11.9 Å². The number of nitrogens with zero attached hydrogens (tertiary/aromatic N) is 5. The lowest BCUT2D eigenvalue weighted by Crippen LogP contribution is -2.62. The van der Waals surface area contributed by atoms with E-state index >= 15 is 4.39 Å². The van der Waals surface area contributed by atoms with Gasteiger partial charge in [-0.1, -0.05) is 0 Å². The molecule has 6 atom stereocenters. The van der Waals surface area contributed by atoms with Crippen LogP contribution >= 0.6 is 0 Å². The molecule has 9 nitrogen and oxygen atoms in total. The normalized spacial score (nSPS) is 30.3. The van der Waals surface area contributed by atoms with E-state index < -0.39 is 63.7 Å². The number of benzene rings is 1. The van der Waals surface area contributed by atoms with Crippen LogP contribution in [0.2, 0.25) is 0 Å². The van der Waals surface area contributed by atoms with Crippen LogP contribution in [0, 0.1) is 18.6 Å². The minimum Gasteiger partial charge on any atom is -0.472 e. The lowest BCUT2D eigenvalue weighted by atomic mass is 9.95. The SMILES string of the molecule is Cc1c(F)c(N)cc(-c2nc3c4c(nc(OC[C@@]56CCCN5C[C@H](F)C6)nc4c2F)N2C[C@H]4CC[C@H](N4)[C@@H]2[C@H](C)O3)c1C(F)(F)F. The fraction of sp³-hybridized carbons (Fsp3) is 0.581. The fourth-order valence-corrected chi connectivity index (χ4v) is 8.55. The van der Waals surface area contributed by atoms with E-state index in [0.717, 1.165) is 45.2 Å². The highest BCUT2D eigenvalue weighted by atomic mass is 19.4. The first-order valence-corrected chi connectivity index (χ1v) is 15.6. The number of piperazine rings is 1. The van der Waals surface area contributed by atoms with Gasteiger partial charge in [-0.3, -0.25) is 4.90 Å². The van der Waals surface area contributed by atoms with Crippen LogP contribution in [0.15, 0.2) is 6.07 Å². The van der Waals surface area contributed by atoms with Gasteiger partial charge < -0.3 is 25.4 Å². The highest BCUT2D eigenvalue weighted by molar-refractivity contribution is 5.97. The summed E-state index contributed by atoms with van der Waals surface area (Å²) in [6.07, 6.45) is -2.89. The van der Waals surface area contributed by atoms with Gasteiger partial charge in [0.15, 0.2) is 5.82 Å². The van der Waals surface area contributed by atoms with E-state index in [1.54, 1.807) is 0 Å². The number of nitrogens with one attached hydrogen (secondary N) is 1. The molecule has 2 bridgehead atoms. The van der Waals surface area contributed by atoms with E-state index in [0.29, 0.717) is 25.3 Å². The number of halogens is 6. The Hall–Kier alpha value is -3.59. The molecule has 0 radical (unpaired) electrons. The van der Waals surface area contributed by atoms with E-state index in [9.17, 15) is 22.0 Å². The monoisotopic (exact) mass is 649 g/mol. The van der Waals surface area contributed by atoms with Crippen molar-refractivity contribution in [1.82, 2.24) is 25.2 Å². The molecule has 3 aromatic rings. The predicted molar refractivity (Wildman–Crippen MR) is 157 cm³/mol. The van der Waals surface area contributed by atoms with Gasteiger partial charge in [0, 0.05) is 37.2 Å². The molecule has 5 aliphatic rings. The second kappa shape index (κ2) is 10.2. The molecule has 4 saturated heterocycles. The number of nitrogens with two attached hydrogens (primary N) is 1. The Morgan fingerprint density at radius 1 is 1.15 bits per heavy atom. The molecule has 0 saturated carbocycles. The number of aromatic nitrogens is 3. The zero-order valence-corrected chi connectivity index (χ0v) is 25.2. The summed E-state index contributed by atoms with van der Waals surface area (Å²) in [4.78, 5) is 17.6. The van der Waals surface area contributed by atoms with Gasteiger partial charge in [0.05, 0.1) is 22.8 Å². The van der Waals surface area contributed by atoms with Crippen LogP contribution in [0.4, 0.5) is 37.8 Å².